The number of nitrogens with zero attached hydrogens (tertiary/aromatic N) is 1. The summed E-state index contributed by atoms with van der Waals surface area (Å²) in [4.78, 5) is 13.2. The topological polar surface area (TPSA) is 52.6 Å². The fourth-order valence-corrected chi connectivity index (χ4v) is 1.68. The number of aliphatic hydroxyl groups is 1. The quantitative estimate of drug-likeness (QED) is 0.708. The van der Waals surface area contributed by atoms with Gasteiger partial charge in [-0.1, -0.05) is 0 Å². The van der Waals surface area contributed by atoms with Gasteiger partial charge in [-0.25, -0.2) is 4.79 Å². The summed E-state index contributed by atoms with van der Waals surface area (Å²) in [5, 5.41) is 11.9. The Kier molecular flexibility index (Phi) is 3.75. The van der Waals surface area contributed by atoms with Gasteiger partial charge in [-0.15, -0.1) is 0 Å². The summed E-state index contributed by atoms with van der Waals surface area (Å²) in [5.41, 5.74) is 0. The first-order chi connectivity index (χ1) is 6.49. The zero-order chi connectivity index (χ0) is 10.7. The largest absolute Gasteiger partial charge is 0.393 e. The first-order valence-corrected chi connectivity index (χ1v) is 5.18. The van der Waals surface area contributed by atoms with Crippen LogP contribution in [-0.2, 0) is 0 Å². The summed E-state index contributed by atoms with van der Waals surface area (Å²) in [6.07, 6.45) is 1.53. The molecular weight excluding hydrogens is 180 g/mol. The molecule has 0 aromatic rings. The number of hydrogen-bond acceptors (Lipinski definition) is 2. The van der Waals surface area contributed by atoms with Gasteiger partial charge < -0.3 is 15.3 Å². The summed E-state index contributed by atoms with van der Waals surface area (Å²) in [7, 11) is 1.79. The lowest BCUT2D eigenvalue weighted by Crippen LogP contribution is -2.45. The van der Waals surface area contributed by atoms with Crippen LogP contribution in [0, 0.1) is 5.92 Å². The van der Waals surface area contributed by atoms with Crippen molar-refractivity contribution in [1.82, 2.24) is 10.2 Å². The van der Waals surface area contributed by atoms with E-state index in [0.717, 1.165) is 19.4 Å². The van der Waals surface area contributed by atoms with Crippen LogP contribution in [0.25, 0.3) is 0 Å². The molecule has 1 aliphatic carbocycles. The Balaban J connectivity index is 2.20. The van der Waals surface area contributed by atoms with Crippen molar-refractivity contribution in [2.24, 2.45) is 5.92 Å². The summed E-state index contributed by atoms with van der Waals surface area (Å²) in [6.45, 7) is 4.63. The molecule has 0 heterocycles. The van der Waals surface area contributed by atoms with E-state index in [-0.39, 0.29) is 18.2 Å². The standard InChI is InChI=1S/C10H20N2O2/c1-7(2)11-10(14)12(3)6-8-4-9(13)5-8/h7-9,13H,4-6H2,1-3H3,(H,11,14). The first kappa shape index (κ1) is 11.3. The molecule has 1 aliphatic rings. The van der Waals surface area contributed by atoms with Crippen molar-refractivity contribution in [1.29, 1.82) is 0 Å². The molecule has 0 aliphatic heterocycles. The lowest BCUT2D eigenvalue weighted by molar-refractivity contribution is 0.0324. The Morgan fingerprint density at radius 3 is 2.57 bits per heavy atom. The van der Waals surface area contributed by atoms with Crippen LogP contribution in [0.2, 0.25) is 0 Å². The van der Waals surface area contributed by atoms with E-state index >= 15 is 0 Å². The van der Waals surface area contributed by atoms with Gasteiger partial charge in [-0.2, -0.15) is 0 Å². The van der Waals surface area contributed by atoms with Crippen LogP contribution in [-0.4, -0.2) is 41.8 Å². The Labute approximate surface area is 85.3 Å². The zero-order valence-electron chi connectivity index (χ0n) is 9.16. The molecule has 0 aromatic carbocycles. The van der Waals surface area contributed by atoms with Crippen LogP contribution >= 0.6 is 0 Å². The Bertz CT molecular complexity index is 200. The predicted molar refractivity (Wildman–Crippen MR) is 55.0 cm³/mol. The lowest BCUT2D eigenvalue weighted by atomic mass is 9.82. The maximum Gasteiger partial charge on any atom is 0.317 e. The minimum atomic E-state index is -0.137. The second-order valence-electron chi connectivity index (χ2n) is 4.48. The smallest absolute Gasteiger partial charge is 0.317 e. The van der Waals surface area contributed by atoms with E-state index in [2.05, 4.69) is 5.32 Å². The van der Waals surface area contributed by atoms with Crippen molar-refractivity contribution in [2.45, 2.75) is 38.8 Å². The van der Waals surface area contributed by atoms with Gasteiger partial charge in [0, 0.05) is 19.6 Å². The third-order valence-electron chi connectivity index (χ3n) is 2.50. The number of carbonyl (C=O) groups excluding carboxylic acids is 1. The van der Waals surface area contributed by atoms with Gasteiger partial charge in [0.2, 0.25) is 0 Å². The summed E-state index contributed by atoms with van der Waals surface area (Å²) in [5.74, 6) is 0.480. The van der Waals surface area contributed by atoms with Gasteiger partial charge in [-0.05, 0) is 32.6 Å². The first-order valence-electron chi connectivity index (χ1n) is 5.18. The zero-order valence-corrected chi connectivity index (χ0v) is 9.16. The van der Waals surface area contributed by atoms with Gasteiger partial charge in [0.1, 0.15) is 0 Å². The molecule has 0 spiro atoms. The van der Waals surface area contributed by atoms with Gasteiger partial charge in [0.15, 0.2) is 0 Å². The van der Waals surface area contributed by atoms with Gasteiger partial charge in [-0.3, -0.25) is 0 Å². The van der Waals surface area contributed by atoms with E-state index in [0.29, 0.717) is 5.92 Å². The molecule has 0 bridgehead atoms. The highest BCUT2D eigenvalue weighted by molar-refractivity contribution is 5.74. The number of nitrogens with one attached hydrogen (secondary N) is 1. The fourth-order valence-electron chi connectivity index (χ4n) is 1.68. The summed E-state index contributed by atoms with van der Waals surface area (Å²) >= 11 is 0. The Hall–Kier alpha value is -0.770. The van der Waals surface area contributed by atoms with E-state index in [1.54, 1.807) is 11.9 Å². The highest BCUT2D eigenvalue weighted by Crippen LogP contribution is 2.27. The third kappa shape index (κ3) is 3.18. The number of carbonyl (C=O) groups is 1. The van der Waals surface area contributed by atoms with E-state index in [9.17, 15) is 4.79 Å². The molecule has 4 heteroatoms. The fraction of sp³-hybridized carbons (Fsp3) is 0.900. The average Bonchev–Trinajstić information content (AvgIpc) is 2.00. The van der Waals surface area contributed by atoms with Crippen LogP contribution in [0.5, 0.6) is 0 Å². The SMILES string of the molecule is CC(C)NC(=O)N(C)CC1CC(O)C1. The molecular formula is C10H20N2O2. The molecule has 82 valence electrons. The third-order valence-corrected chi connectivity index (χ3v) is 2.50. The molecule has 14 heavy (non-hydrogen) atoms. The molecule has 1 saturated carbocycles. The van der Waals surface area contributed by atoms with E-state index < -0.39 is 0 Å². The van der Waals surface area contributed by atoms with Crippen LogP contribution in [0.15, 0.2) is 0 Å². The minimum Gasteiger partial charge on any atom is -0.393 e. The Morgan fingerprint density at radius 1 is 1.57 bits per heavy atom. The number of aliphatic hydroxyl groups excluding tert-OH is 1. The maximum absolute atomic E-state index is 11.5. The molecule has 0 radical (unpaired) electrons. The number of hydrogen-bond donors (Lipinski definition) is 2. The van der Waals surface area contributed by atoms with E-state index in [1.165, 1.54) is 0 Å². The van der Waals surface area contributed by atoms with Crippen molar-refractivity contribution in [3.8, 4) is 0 Å². The lowest BCUT2D eigenvalue weighted by Gasteiger charge is -2.34. The highest BCUT2D eigenvalue weighted by Gasteiger charge is 2.29. The molecule has 4 nitrogen and oxygen atoms in total. The van der Waals surface area contributed by atoms with Gasteiger partial charge in [0.05, 0.1) is 6.10 Å². The molecule has 2 N–H and O–H groups in total. The maximum atomic E-state index is 11.5. The van der Waals surface area contributed by atoms with Crippen molar-refractivity contribution < 1.29 is 9.90 Å². The molecule has 1 rings (SSSR count). The normalized spacial score (nSPS) is 25.8. The number of amides is 2. The molecule has 1 fully saturated rings. The van der Waals surface area contributed by atoms with Crippen molar-refractivity contribution in [2.75, 3.05) is 13.6 Å². The van der Waals surface area contributed by atoms with Crippen LogP contribution in [0.4, 0.5) is 4.79 Å². The molecule has 0 aromatic heterocycles. The second kappa shape index (κ2) is 4.64. The predicted octanol–water partition coefficient (Wildman–Crippen LogP) is 0.807. The van der Waals surface area contributed by atoms with Crippen LogP contribution < -0.4 is 5.32 Å². The van der Waals surface area contributed by atoms with Crippen LogP contribution in [0.1, 0.15) is 26.7 Å². The molecule has 0 atom stereocenters. The molecule has 2 amide bonds. The van der Waals surface area contributed by atoms with Crippen LogP contribution in [0.3, 0.4) is 0 Å². The molecule has 0 unspecified atom stereocenters. The highest BCUT2D eigenvalue weighted by atomic mass is 16.3. The van der Waals surface area contributed by atoms with E-state index in [4.69, 9.17) is 5.11 Å². The van der Waals surface area contributed by atoms with Crippen molar-refractivity contribution >= 4 is 6.03 Å². The van der Waals surface area contributed by atoms with Crippen molar-refractivity contribution in [3.05, 3.63) is 0 Å². The Morgan fingerprint density at radius 2 is 2.14 bits per heavy atom. The number of urea groups is 1. The van der Waals surface area contributed by atoms with E-state index in [1.807, 2.05) is 13.8 Å². The van der Waals surface area contributed by atoms with Gasteiger partial charge in [0.25, 0.3) is 0 Å². The summed E-state index contributed by atoms with van der Waals surface area (Å²) < 4.78 is 0. The second-order valence-corrected chi connectivity index (χ2v) is 4.48. The van der Waals surface area contributed by atoms with Crippen molar-refractivity contribution in [3.63, 3.8) is 0 Å². The molecule has 0 saturated heterocycles. The summed E-state index contributed by atoms with van der Waals surface area (Å²) in [6, 6.07) is 0.151. The minimum absolute atomic E-state index is 0.0265. The monoisotopic (exact) mass is 200 g/mol. The van der Waals surface area contributed by atoms with Gasteiger partial charge >= 0.3 is 6.03 Å². The number of rotatable bonds is 3. The average molecular weight is 200 g/mol.